The fourth-order valence-corrected chi connectivity index (χ4v) is 3.48. The van der Waals surface area contributed by atoms with Gasteiger partial charge in [0.25, 0.3) is 5.91 Å². The van der Waals surface area contributed by atoms with Crippen LogP contribution >= 0.6 is 0 Å². The quantitative estimate of drug-likeness (QED) is 0.483. The zero-order chi connectivity index (χ0) is 23.5. The van der Waals surface area contributed by atoms with Crippen molar-refractivity contribution in [2.24, 2.45) is 0 Å². The summed E-state index contributed by atoms with van der Waals surface area (Å²) in [5, 5.41) is 5.77. The molecule has 0 saturated heterocycles. The lowest BCUT2D eigenvalue weighted by molar-refractivity contribution is -0.0500. The number of hydrogen-bond donors (Lipinski definition) is 2. The lowest BCUT2D eigenvalue weighted by Gasteiger charge is -2.17. The Labute approximate surface area is 190 Å². The van der Waals surface area contributed by atoms with E-state index in [-0.39, 0.29) is 17.4 Å². The standard InChI is InChI=1S/C23H27F2N5O3/c1-26-17-10-14(11-19(33-23(24)25)21(17)22(31)28-15-4-5-15)18-13-27-20-12-16(6-7-30(18)20)32-9-8-29(2)3/h6-7,10-13,15,23,26H,4-5,8-9H2,1-3H3,(H,28,31). The van der Waals surface area contributed by atoms with Gasteiger partial charge in [0, 0.05) is 37.5 Å². The van der Waals surface area contributed by atoms with Crippen LogP contribution < -0.4 is 20.1 Å². The van der Waals surface area contributed by atoms with E-state index in [9.17, 15) is 13.6 Å². The number of fused-ring (bicyclic) bond motifs is 1. The van der Waals surface area contributed by atoms with Crippen molar-refractivity contribution >= 4 is 17.2 Å². The first kappa shape index (κ1) is 22.8. The van der Waals surface area contributed by atoms with E-state index in [1.54, 1.807) is 19.3 Å². The van der Waals surface area contributed by atoms with Crippen LogP contribution in [-0.2, 0) is 0 Å². The first-order chi connectivity index (χ1) is 15.9. The molecule has 10 heteroatoms. The third kappa shape index (κ3) is 5.33. The van der Waals surface area contributed by atoms with Crippen LogP contribution in [0.5, 0.6) is 11.5 Å². The third-order valence-corrected chi connectivity index (χ3v) is 5.31. The van der Waals surface area contributed by atoms with E-state index in [1.165, 1.54) is 6.07 Å². The Morgan fingerprint density at radius 3 is 2.76 bits per heavy atom. The highest BCUT2D eigenvalue weighted by Crippen LogP contribution is 2.36. The van der Waals surface area contributed by atoms with E-state index >= 15 is 0 Å². The number of carbonyl (C=O) groups is 1. The normalized spacial score (nSPS) is 13.5. The minimum Gasteiger partial charge on any atom is -0.492 e. The first-order valence-electron chi connectivity index (χ1n) is 10.7. The monoisotopic (exact) mass is 459 g/mol. The first-order valence-corrected chi connectivity index (χ1v) is 10.7. The van der Waals surface area contributed by atoms with Gasteiger partial charge in [-0.3, -0.25) is 9.20 Å². The molecule has 2 aromatic heterocycles. The van der Waals surface area contributed by atoms with Gasteiger partial charge in [-0.05, 0) is 45.1 Å². The summed E-state index contributed by atoms with van der Waals surface area (Å²) in [4.78, 5) is 19.2. The Morgan fingerprint density at radius 2 is 2.09 bits per heavy atom. The molecule has 1 amide bonds. The summed E-state index contributed by atoms with van der Waals surface area (Å²) in [7, 11) is 5.57. The van der Waals surface area contributed by atoms with E-state index in [1.807, 2.05) is 41.7 Å². The highest BCUT2D eigenvalue weighted by molar-refractivity contribution is 6.03. The van der Waals surface area contributed by atoms with Gasteiger partial charge < -0.3 is 25.0 Å². The van der Waals surface area contributed by atoms with Crippen molar-refractivity contribution in [2.45, 2.75) is 25.5 Å². The lowest BCUT2D eigenvalue weighted by atomic mass is 10.0. The minimum absolute atomic E-state index is 0.0545. The summed E-state index contributed by atoms with van der Waals surface area (Å²) in [6.45, 7) is -1.74. The molecule has 0 spiro atoms. The fraction of sp³-hybridized carbons (Fsp3) is 0.391. The molecule has 2 heterocycles. The van der Waals surface area contributed by atoms with Gasteiger partial charge >= 0.3 is 6.61 Å². The second-order valence-corrected chi connectivity index (χ2v) is 8.16. The van der Waals surface area contributed by atoms with E-state index in [0.29, 0.717) is 34.9 Å². The minimum atomic E-state index is -3.07. The number of benzene rings is 1. The number of alkyl halides is 2. The van der Waals surface area contributed by atoms with E-state index in [2.05, 4.69) is 15.6 Å². The Hall–Kier alpha value is -3.40. The summed E-state index contributed by atoms with van der Waals surface area (Å²) >= 11 is 0. The molecule has 1 fully saturated rings. The lowest BCUT2D eigenvalue weighted by Crippen LogP contribution is -2.27. The van der Waals surface area contributed by atoms with Crippen LogP contribution in [0.25, 0.3) is 16.9 Å². The predicted molar refractivity (Wildman–Crippen MR) is 121 cm³/mol. The molecule has 0 aliphatic heterocycles. The van der Waals surface area contributed by atoms with Crippen LogP contribution in [0.15, 0.2) is 36.7 Å². The summed E-state index contributed by atoms with van der Waals surface area (Å²) in [5.41, 5.74) is 2.32. The third-order valence-electron chi connectivity index (χ3n) is 5.31. The molecule has 3 aromatic rings. The zero-order valence-corrected chi connectivity index (χ0v) is 18.8. The highest BCUT2D eigenvalue weighted by atomic mass is 19.3. The molecular weight excluding hydrogens is 432 g/mol. The van der Waals surface area contributed by atoms with Crippen LogP contribution in [0.2, 0.25) is 0 Å². The number of hydrogen-bond acceptors (Lipinski definition) is 6. The predicted octanol–water partition coefficient (Wildman–Crippen LogP) is 3.48. The molecule has 0 atom stereocenters. The fourth-order valence-electron chi connectivity index (χ4n) is 3.48. The Balaban J connectivity index is 1.69. The van der Waals surface area contributed by atoms with Crippen molar-refractivity contribution in [1.82, 2.24) is 19.6 Å². The molecule has 1 aliphatic carbocycles. The highest BCUT2D eigenvalue weighted by Gasteiger charge is 2.28. The average Bonchev–Trinajstić information content (AvgIpc) is 3.47. The summed E-state index contributed by atoms with van der Waals surface area (Å²) < 4.78 is 38.7. The van der Waals surface area contributed by atoms with Gasteiger partial charge in [-0.25, -0.2) is 4.98 Å². The molecule has 2 N–H and O–H groups in total. The summed E-state index contributed by atoms with van der Waals surface area (Å²) in [6.07, 6.45) is 5.21. The average molecular weight is 459 g/mol. The van der Waals surface area contributed by atoms with Crippen molar-refractivity contribution in [3.8, 4) is 22.8 Å². The Morgan fingerprint density at radius 1 is 1.30 bits per heavy atom. The topological polar surface area (TPSA) is 80.1 Å². The molecule has 4 rings (SSSR count). The number of nitrogens with zero attached hydrogens (tertiary/aromatic N) is 3. The van der Waals surface area contributed by atoms with Crippen LogP contribution in [0.4, 0.5) is 14.5 Å². The van der Waals surface area contributed by atoms with Crippen molar-refractivity contribution < 1.29 is 23.0 Å². The number of halogens is 2. The number of carbonyl (C=O) groups excluding carboxylic acids is 1. The number of ether oxygens (including phenoxy) is 2. The molecule has 1 saturated carbocycles. The molecule has 0 bridgehead atoms. The number of pyridine rings is 1. The number of aromatic nitrogens is 2. The van der Waals surface area contributed by atoms with E-state index in [4.69, 9.17) is 9.47 Å². The van der Waals surface area contributed by atoms with Gasteiger partial charge in [-0.1, -0.05) is 0 Å². The van der Waals surface area contributed by atoms with E-state index < -0.39 is 12.5 Å². The number of rotatable bonds is 10. The maximum absolute atomic E-state index is 13.2. The smallest absolute Gasteiger partial charge is 0.387 e. The molecule has 33 heavy (non-hydrogen) atoms. The molecule has 176 valence electrons. The van der Waals surface area contributed by atoms with Gasteiger partial charge in [0.2, 0.25) is 0 Å². The van der Waals surface area contributed by atoms with Crippen molar-refractivity contribution in [2.75, 3.05) is 39.6 Å². The molecule has 0 radical (unpaired) electrons. The van der Waals surface area contributed by atoms with Crippen molar-refractivity contribution in [3.05, 3.63) is 42.2 Å². The molecule has 8 nitrogen and oxygen atoms in total. The Bertz CT molecular complexity index is 1140. The van der Waals surface area contributed by atoms with Crippen LogP contribution in [0.3, 0.4) is 0 Å². The number of amides is 1. The summed E-state index contributed by atoms with van der Waals surface area (Å²) in [6, 6.07) is 6.88. The molecular formula is C23H27F2N5O3. The second kappa shape index (κ2) is 9.62. The van der Waals surface area contributed by atoms with Gasteiger partial charge in [-0.15, -0.1) is 0 Å². The van der Waals surface area contributed by atoms with E-state index in [0.717, 1.165) is 19.4 Å². The van der Waals surface area contributed by atoms with Crippen LogP contribution in [-0.4, -0.2) is 67.1 Å². The van der Waals surface area contributed by atoms with Gasteiger partial charge in [0.05, 0.1) is 17.6 Å². The number of imidazole rings is 1. The molecule has 1 aliphatic rings. The van der Waals surface area contributed by atoms with Gasteiger partial charge in [-0.2, -0.15) is 8.78 Å². The Kier molecular flexibility index (Phi) is 6.64. The second-order valence-electron chi connectivity index (χ2n) is 8.16. The van der Waals surface area contributed by atoms with Crippen molar-refractivity contribution in [1.29, 1.82) is 0 Å². The summed E-state index contributed by atoms with van der Waals surface area (Å²) in [5.74, 6) is 0.0523. The number of likely N-dealkylation sites (N-methyl/N-ethyl adjacent to an activating group) is 1. The van der Waals surface area contributed by atoms with Gasteiger partial charge in [0.1, 0.15) is 29.3 Å². The molecule has 0 unspecified atom stereocenters. The molecule has 1 aromatic carbocycles. The zero-order valence-electron chi connectivity index (χ0n) is 18.8. The van der Waals surface area contributed by atoms with Crippen molar-refractivity contribution in [3.63, 3.8) is 0 Å². The maximum atomic E-state index is 13.2. The van der Waals surface area contributed by atoms with Gasteiger partial charge in [0.15, 0.2) is 0 Å². The maximum Gasteiger partial charge on any atom is 0.387 e. The number of nitrogens with one attached hydrogen (secondary N) is 2. The largest absolute Gasteiger partial charge is 0.492 e. The van der Waals surface area contributed by atoms with Crippen LogP contribution in [0.1, 0.15) is 23.2 Å². The van der Waals surface area contributed by atoms with Crippen LogP contribution in [0, 0.1) is 0 Å². The number of anilines is 1. The SMILES string of the molecule is CNc1cc(-c2cnc3cc(OCCN(C)C)ccn23)cc(OC(F)F)c1C(=O)NC1CC1.